The Morgan fingerprint density at radius 2 is 1.65 bits per heavy atom. The molecule has 52 heavy (non-hydrogen) atoms. The summed E-state index contributed by atoms with van der Waals surface area (Å²) in [5, 5.41) is 25.3. The number of amides is 2. The number of aryl methyl sites for hydroxylation is 2. The highest BCUT2D eigenvalue weighted by Gasteiger charge is 2.24. The van der Waals surface area contributed by atoms with Crippen LogP contribution < -0.4 is 21.1 Å². The molecule has 0 radical (unpaired) electrons. The van der Waals surface area contributed by atoms with Gasteiger partial charge in [0.15, 0.2) is 0 Å². The van der Waals surface area contributed by atoms with Gasteiger partial charge in [0.25, 0.3) is 0 Å². The standard InChI is InChI=1S/C40H48N6O5S/c1-26-18-33(12-16-36(26)40(49)45-22-30-10-14-35(15-11-30)52(41,50)51)23-44-39(48)21-32-7-5-6-31(20-32)19-27(2)42-25-37(47)34-13-17-38(43-24-34)46-28(3)8-9-29(46)4/h5-18,20,24,26-27,36-37,42,47H,19,21-23,25H2,1-4H3,(H,44,48)(H,45,49)(H2,41,50,51)/t26?,27?,36?,37-/m0/s1. The van der Waals surface area contributed by atoms with E-state index in [0.717, 1.165) is 51.5 Å². The fourth-order valence-corrected chi connectivity index (χ4v) is 6.89. The zero-order valence-corrected chi connectivity index (χ0v) is 30.9. The van der Waals surface area contributed by atoms with Gasteiger partial charge < -0.3 is 25.6 Å². The van der Waals surface area contributed by atoms with Gasteiger partial charge in [-0.05, 0) is 85.7 Å². The van der Waals surface area contributed by atoms with Gasteiger partial charge in [0, 0.05) is 48.8 Å². The Morgan fingerprint density at radius 3 is 2.31 bits per heavy atom. The van der Waals surface area contributed by atoms with Gasteiger partial charge in [-0.1, -0.05) is 67.6 Å². The van der Waals surface area contributed by atoms with Gasteiger partial charge in [-0.3, -0.25) is 9.59 Å². The van der Waals surface area contributed by atoms with E-state index < -0.39 is 16.1 Å². The average molecular weight is 725 g/mol. The van der Waals surface area contributed by atoms with Crippen LogP contribution in [0.25, 0.3) is 5.82 Å². The zero-order valence-electron chi connectivity index (χ0n) is 30.0. The molecular formula is C40H48N6O5S. The van der Waals surface area contributed by atoms with E-state index in [1.165, 1.54) is 12.1 Å². The van der Waals surface area contributed by atoms with Crippen LogP contribution in [-0.2, 0) is 39.0 Å². The number of aromatic nitrogens is 2. The van der Waals surface area contributed by atoms with Crippen LogP contribution in [0.3, 0.4) is 0 Å². The molecule has 2 amide bonds. The Hall–Kier alpha value is -4.88. The highest BCUT2D eigenvalue weighted by Crippen LogP contribution is 2.23. The molecule has 274 valence electrons. The van der Waals surface area contributed by atoms with Crippen LogP contribution in [0.15, 0.2) is 108 Å². The van der Waals surface area contributed by atoms with Crippen LogP contribution in [0.5, 0.6) is 0 Å². The number of nitrogens with one attached hydrogen (secondary N) is 3. The van der Waals surface area contributed by atoms with E-state index in [1.54, 1.807) is 18.3 Å². The number of pyridine rings is 1. The molecule has 0 bridgehead atoms. The van der Waals surface area contributed by atoms with Gasteiger partial charge in [-0.25, -0.2) is 18.5 Å². The number of aliphatic hydroxyl groups is 1. The van der Waals surface area contributed by atoms with Crippen LogP contribution in [0.4, 0.5) is 0 Å². The minimum atomic E-state index is -3.77. The number of hydrogen-bond acceptors (Lipinski definition) is 7. The minimum absolute atomic E-state index is 0.0200. The number of rotatable bonds is 15. The molecule has 5 rings (SSSR count). The second-order valence-corrected chi connectivity index (χ2v) is 15.2. The van der Waals surface area contributed by atoms with E-state index in [-0.39, 0.29) is 47.6 Å². The van der Waals surface area contributed by atoms with E-state index in [4.69, 9.17) is 5.14 Å². The van der Waals surface area contributed by atoms with Gasteiger partial charge in [-0.15, -0.1) is 0 Å². The molecule has 0 spiro atoms. The summed E-state index contributed by atoms with van der Waals surface area (Å²) in [5.41, 5.74) is 6.67. The molecule has 2 heterocycles. The summed E-state index contributed by atoms with van der Waals surface area (Å²) in [6.45, 7) is 9.12. The first-order valence-electron chi connectivity index (χ1n) is 17.4. The second-order valence-electron chi connectivity index (χ2n) is 13.6. The SMILES string of the molecule is Cc1ccc(C)n1-c1ccc([C@@H](O)CNC(C)Cc2cccc(CC(=O)NCC3=CC(C)C(C(=O)NCc4ccc(S(N)(=O)=O)cc4)C=C3)c2)cn1. The number of primary sulfonamides is 1. The molecule has 0 saturated carbocycles. The van der Waals surface area contributed by atoms with Crippen molar-refractivity contribution in [2.75, 3.05) is 13.1 Å². The van der Waals surface area contributed by atoms with Crippen LogP contribution in [0, 0.1) is 25.7 Å². The summed E-state index contributed by atoms with van der Waals surface area (Å²) in [5.74, 6) is 0.158. The predicted octanol–water partition coefficient (Wildman–Crippen LogP) is 4.11. The van der Waals surface area contributed by atoms with Crippen molar-refractivity contribution < 1.29 is 23.1 Å². The van der Waals surface area contributed by atoms with Crippen molar-refractivity contribution in [1.82, 2.24) is 25.5 Å². The van der Waals surface area contributed by atoms with Crippen LogP contribution in [0.1, 0.15) is 53.6 Å². The molecule has 4 atom stereocenters. The first-order chi connectivity index (χ1) is 24.8. The van der Waals surface area contributed by atoms with Gasteiger partial charge in [-0.2, -0.15) is 0 Å². The van der Waals surface area contributed by atoms with Crippen LogP contribution in [-0.4, -0.2) is 54.0 Å². The maximum Gasteiger partial charge on any atom is 0.238 e. The molecule has 6 N–H and O–H groups in total. The number of nitrogens with zero attached hydrogens (tertiary/aromatic N) is 2. The predicted molar refractivity (Wildman–Crippen MR) is 202 cm³/mol. The lowest BCUT2D eigenvalue weighted by Crippen LogP contribution is -2.34. The molecule has 1 aliphatic rings. The van der Waals surface area contributed by atoms with Crippen molar-refractivity contribution in [1.29, 1.82) is 0 Å². The van der Waals surface area contributed by atoms with Crippen molar-refractivity contribution in [3.63, 3.8) is 0 Å². The Bertz CT molecular complexity index is 2020. The molecule has 2 aromatic carbocycles. The molecule has 3 unspecified atom stereocenters. The third kappa shape index (κ3) is 10.3. The van der Waals surface area contributed by atoms with Gasteiger partial charge in [0.1, 0.15) is 5.82 Å². The van der Waals surface area contributed by atoms with E-state index in [1.807, 2.05) is 75.4 Å². The van der Waals surface area contributed by atoms with Crippen molar-refractivity contribution in [3.8, 4) is 5.82 Å². The lowest BCUT2D eigenvalue weighted by Gasteiger charge is -2.22. The number of carbonyl (C=O) groups excluding carboxylic acids is 2. The maximum atomic E-state index is 12.9. The molecular weight excluding hydrogens is 677 g/mol. The lowest BCUT2D eigenvalue weighted by atomic mass is 9.86. The number of sulfonamides is 1. The highest BCUT2D eigenvalue weighted by molar-refractivity contribution is 7.89. The van der Waals surface area contributed by atoms with E-state index in [0.29, 0.717) is 13.1 Å². The third-order valence-corrected chi connectivity index (χ3v) is 10.2. The Morgan fingerprint density at radius 1 is 0.942 bits per heavy atom. The quantitative estimate of drug-likeness (QED) is 0.123. The summed E-state index contributed by atoms with van der Waals surface area (Å²) in [6.07, 6.45) is 7.73. The van der Waals surface area contributed by atoms with Crippen LogP contribution >= 0.6 is 0 Å². The number of benzene rings is 2. The van der Waals surface area contributed by atoms with E-state index >= 15 is 0 Å². The first-order valence-corrected chi connectivity index (χ1v) is 19.0. The number of nitrogens with two attached hydrogens (primary N) is 1. The van der Waals surface area contributed by atoms with Crippen molar-refractivity contribution in [2.45, 2.75) is 64.1 Å². The Balaban J connectivity index is 1.03. The zero-order chi connectivity index (χ0) is 37.4. The van der Waals surface area contributed by atoms with E-state index in [9.17, 15) is 23.1 Å². The molecule has 4 aromatic rings. The van der Waals surface area contributed by atoms with Gasteiger partial charge in [0.2, 0.25) is 21.8 Å². The topological polar surface area (TPSA) is 168 Å². The van der Waals surface area contributed by atoms with Crippen molar-refractivity contribution >= 4 is 21.8 Å². The highest BCUT2D eigenvalue weighted by atomic mass is 32.2. The van der Waals surface area contributed by atoms with Crippen LogP contribution in [0.2, 0.25) is 0 Å². The minimum Gasteiger partial charge on any atom is -0.387 e. The molecule has 0 saturated heterocycles. The van der Waals surface area contributed by atoms with Crippen molar-refractivity contribution in [3.05, 3.63) is 136 Å². The molecule has 1 aliphatic carbocycles. The third-order valence-electron chi connectivity index (χ3n) is 9.29. The molecule has 11 nitrogen and oxygen atoms in total. The Kier molecular flexibility index (Phi) is 12.6. The van der Waals surface area contributed by atoms with Crippen molar-refractivity contribution in [2.24, 2.45) is 17.0 Å². The van der Waals surface area contributed by atoms with Gasteiger partial charge in [0.05, 0.1) is 23.3 Å². The fraction of sp³-hybridized carbons (Fsp3) is 0.325. The normalized spacial score (nSPS) is 16.9. The average Bonchev–Trinajstić information content (AvgIpc) is 3.45. The fourth-order valence-electron chi connectivity index (χ4n) is 6.38. The summed E-state index contributed by atoms with van der Waals surface area (Å²) in [4.78, 5) is 30.3. The molecule has 0 aliphatic heterocycles. The smallest absolute Gasteiger partial charge is 0.238 e. The Labute approximate surface area is 306 Å². The summed E-state index contributed by atoms with van der Waals surface area (Å²) in [7, 11) is -3.77. The first kappa shape index (κ1) is 38.4. The summed E-state index contributed by atoms with van der Waals surface area (Å²) < 4.78 is 25.0. The molecule has 0 fully saturated rings. The summed E-state index contributed by atoms with van der Waals surface area (Å²) in [6, 6.07) is 22.1. The summed E-state index contributed by atoms with van der Waals surface area (Å²) >= 11 is 0. The number of hydrogen-bond donors (Lipinski definition) is 5. The van der Waals surface area contributed by atoms with E-state index in [2.05, 4.69) is 44.6 Å². The number of allylic oxidation sites excluding steroid dienone is 1. The maximum absolute atomic E-state index is 12.9. The monoisotopic (exact) mass is 724 g/mol. The second kappa shape index (κ2) is 17.1. The number of carbonyl (C=O) groups is 2. The lowest BCUT2D eigenvalue weighted by molar-refractivity contribution is -0.124. The van der Waals surface area contributed by atoms with Gasteiger partial charge >= 0.3 is 0 Å². The molecule has 2 aromatic heterocycles. The largest absolute Gasteiger partial charge is 0.387 e. The molecule has 12 heteroatoms. The number of aliphatic hydroxyl groups excluding tert-OH is 1.